The molecule has 0 aliphatic heterocycles. The van der Waals surface area contributed by atoms with Crippen molar-refractivity contribution in [2.24, 2.45) is 0 Å². The average Bonchev–Trinajstić information content (AvgIpc) is 2.13. The molecule has 0 radical (unpaired) electrons. The van der Waals surface area contributed by atoms with E-state index in [4.69, 9.17) is 0 Å². The number of thioether (sulfide) groups is 1. The number of nitrogens with one attached hydrogen (secondary N) is 1. The van der Waals surface area contributed by atoms with Gasteiger partial charge in [0.05, 0.1) is 0 Å². The fourth-order valence-electron chi connectivity index (χ4n) is 1.56. The van der Waals surface area contributed by atoms with E-state index < -0.39 is 0 Å². The maximum absolute atomic E-state index is 3.55. The minimum absolute atomic E-state index is 0.771. The molecular weight excluding hydrogens is 178 g/mol. The lowest BCUT2D eigenvalue weighted by Crippen LogP contribution is -2.28. The highest BCUT2D eigenvalue weighted by Gasteiger charge is 2.04. The molecule has 80 valence electrons. The molecule has 0 aliphatic carbocycles. The molecular formula is C11H25NS. The van der Waals surface area contributed by atoms with Crippen LogP contribution in [0.1, 0.15) is 46.5 Å². The molecule has 0 saturated heterocycles. The molecule has 0 aromatic rings. The molecule has 1 unspecified atom stereocenters. The highest BCUT2D eigenvalue weighted by molar-refractivity contribution is 7.99. The van der Waals surface area contributed by atoms with E-state index >= 15 is 0 Å². The first kappa shape index (κ1) is 13.3. The summed E-state index contributed by atoms with van der Waals surface area (Å²) in [5, 5.41) is 3.55. The van der Waals surface area contributed by atoms with Crippen molar-refractivity contribution in [3.05, 3.63) is 0 Å². The van der Waals surface area contributed by atoms with E-state index in [2.05, 4.69) is 37.8 Å². The smallest absolute Gasteiger partial charge is 0.00671 e. The van der Waals surface area contributed by atoms with Crippen LogP contribution in [0.15, 0.2) is 0 Å². The first-order valence-corrected chi connectivity index (χ1v) is 6.81. The van der Waals surface area contributed by atoms with Gasteiger partial charge >= 0.3 is 0 Å². The van der Waals surface area contributed by atoms with Crippen molar-refractivity contribution in [1.29, 1.82) is 0 Å². The lowest BCUT2D eigenvalue weighted by Gasteiger charge is -2.16. The highest BCUT2D eigenvalue weighted by Crippen LogP contribution is 2.09. The molecule has 0 rings (SSSR count). The first-order chi connectivity index (χ1) is 6.35. The van der Waals surface area contributed by atoms with Gasteiger partial charge in [-0.25, -0.2) is 0 Å². The molecule has 0 aliphatic rings. The third-order valence-corrected chi connectivity index (χ3v) is 3.16. The minimum Gasteiger partial charge on any atom is -0.314 e. The standard InChI is InChI=1S/C11H25NS/c1-4-8-11(12-5-2)9-7-10-13-6-3/h11-12H,4-10H2,1-3H3. The molecule has 0 spiro atoms. The fourth-order valence-corrected chi connectivity index (χ4v) is 2.22. The largest absolute Gasteiger partial charge is 0.314 e. The van der Waals surface area contributed by atoms with Crippen molar-refractivity contribution in [2.75, 3.05) is 18.1 Å². The highest BCUT2D eigenvalue weighted by atomic mass is 32.2. The molecule has 13 heavy (non-hydrogen) atoms. The van der Waals surface area contributed by atoms with Crippen LogP contribution in [-0.2, 0) is 0 Å². The summed E-state index contributed by atoms with van der Waals surface area (Å²) in [5.74, 6) is 2.60. The topological polar surface area (TPSA) is 12.0 Å². The number of hydrogen-bond donors (Lipinski definition) is 1. The third-order valence-electron chi connectivity index (χ3n) is 2.18. The second-order valence-corrected chi connectivity index (χ2v) is 4.78. The van der Waals surface area contributed by atoms with E-state index in [0.717, 1.165) is 12.6 Å². The van der Waals surface area contributed by atoms with Crippen molar-refractivity contribution in [3.63, 3.8) is 0 Å². The maximum Gasteiger partial charge on any atom is 0.00671 e. The lowest BCUT2D eigenvalue weighted by atomic mass is 10.1. The summed E-state index contributed by atoms with van der Waals surface area (Å²) in [5.41, 5.74) is 0. The fraction of sp³-hybridized carbons (Fsp3) is 1.00. The average molecular weight is 203 g/mol. The summed E-state index contributed by atoms with van der Waals surface area (Å²) in [6.07, 6.45) is 5.37. The monoisotopic (exact) mass is 203 g/mol. The van der Waals surface area contributed by atoms with E-state index in [1.54, 1.807) is 0 Å². The lowest BCUT2D eigenvalue weighted by molar-refractivity contribution is 0.456. The normalized spacial score (nSPS) is 13.2. The van der Waals surface area contributed by atoms with Crippen LogP contribution < -0.4 is 5.32 Å². The molecule has 1 N–H and O–H groups in total. The van der Waals surface area contributed by atoms with Gasteiger partial charge in [0.25, 0.3) is 0 Å². The molecule has 1 atom stereocenters. The molecule has 2 heteroatoms. The van der Waals surface area contributed by atoms with Gasteiger partial charge in [-0.05, 0) is 37.3 Å². The van der Waals surface area contributed by atoms with Crippen LogP contribution in [-0.4, -0.2) is 24.1 Å². The second kappa shape index (κ2) is 10.4. The molecule has 0 fully saturated rings. The number of rotatable bonds is 9. The zero-order valence-electron chi connectivity index (χ0n) is 9.44. The van der Waals surface area contributed by atoms with Crippen molar-refractivity contribution in [3.8, 4) is 0 Å². The Morgan fingerprint density at radius 2 is 1.92 bits per heavy atom. The summed E-state index contributed by atoms with van der Waals surface area (Å²) in [6, 6.07) is 0.771. The Hall–Kier alpha value is 0.310. The minimum atomic E-state index is 0.771. The van der Waals surface area contributed by atoms with E-state index in [9.17, 15) is 0 Å². The Morgan fingerprint density at radius 3 is 2.46 bits per heavy atom. The number of hydrogen-bond acceptors (Lipinski definition) is 2. The van der Waals surface area contributed by atoms with Crippen LogP contribution in [0.4, 0.5) is 0 Å². The summed E-state index contributed by atoms with van der Waals surface area (Å²) >= 11 is 2.06. The molecule has 0 amide bonds. The zero-order valence-corrected chi connectivity index (χ0v) is 10.3. The van der Waals surface area contributed by atoms with E-state index in [-0.39, 0.29) is 0 Å². The summed E-state index contributed by atoms with van der Waals surface area (Å²) in [4.78, 5) is 0. The quantitative estimate of drug-likeness (QED) is 0.577. The maximum atomic E-state index is 3.55. The van der Waals surface area contributed by atoms with E-state index in [1.165, 1.54) is 37.2 Å². The van der Waals surface area contributed by atoms with Gasteiger partial charge in [0.2, 0.25) is 0 Å². The van der Waals surface area contributed by atoms with Crippen molar-refractivity contribution < 1.29 is 0 Å². The molecule has 0 aromatic heterocycles. The molecule has 0 heterocycles. The van der Waals surface area contributed by atoms with E-state index in [0.29, 0.717) is 0 Å². The molecule has 1 nitrogen and oxygen atoms in total. The summed E-state index contributed by atoms with van der Waals surface area (Å²) in [7, 11) is 0. The third kappa shape index (κ3) is 8.63. The van der Waals surface area contributed by atoms with Gasteiger partial charge in [0, 0.05) is 6.04 Å². The van der Waals surface area contributed by atoms with Gasteiger partial charge in [-0.3, -0.25) is 0 Å². The van der Waals surface area contributed by atoms with Crippen LogP contribution in [0.3, 0.4) is 0 Å². The predicted octanol–water partition coefficient (Wildman–Crippen LogP) is 3.30. The molecule has 0 aromatic carbocycles. The van der Waals surface area contributed by atoms with E-state index in [1.807, 2.05) is 0 Å². The summed E-state index contributed by atoms with van der Waals surface area (Å²) < 4.78 is 0. The van der Waals surface area contributed by atoms with Crippen LogP contribution >= 0.6 is 11.8 Å². The first-order valence-electron chi connectivity index (χ1n) is 5.66. The van der Waals surface area contributed by atoms with Crippen LogP contribution in [0, 0.1) is 0 Å². The Labute approximate surface area is 88.1 Å². The van der Waals surface area contributed by atoms with Gasteiger partial charge in [0.1, 0.15) is 0 Å². The Kier molecular flexibility index (Phi) is 10.6. The van der Waals surface area contributed by atoms with Crippen LogP contribution in [0.2, 0.25) is 0 Å². The van der Waals surface area contributed by atoms with Crippen molar-refractivity contribution in [2.45, 2.75) is 52.5 Å². The van der Waals surface area contributed by atoms with Gasteiger partial charge in [-0.2, -0.15) is 11.8 Å². The predicted molar refractivity (Wildman–Crippen MR) is 64.6 cm³/mol. The van der Waals surface area contributed by atoms with Gasteiger partial charge in [-0.15, -0.1) is 0 Å². The van der Waals surface area contributed by atoms with Crippen LogP contribution in [0.25, 0.3) is 0 Å². The summed E-state index contributed by atoms with van der Waals surface area (Å²) in [6.45, 7) is 7.82. The second-order valence-electron chi connectivity index (χ2n) is 3.38. The van der Waals surface area contributed by atoms with Gasteiger partial charge in [-0.1, -0.05) is 27.2 Å². The Balaban J connectivity index is 3.33. The van der Waals surface area contributed by atoms with Crippen molar-refractivity contribution in [1.82, 2.24) is 5.32 Å². The van der Waals surface area contributed by atoms with Crippen molar-refractivity contribution >= 4 is 11.8 Å². The molecule has 0 saturated carbocycles. The van der Waals surface area contributed by atoms with Gasteiger partial charge < -0.3 is 5.32 Å². The van der Waals surface area contributed by atoms with Gasteiger partial charge in [0.15, 0.2) is 0 Å². The Morgan fingerprint density at radius 1 is 1.15 bits per heavy atom. The zero-order chi connectivity index (χ0) is 9.94. The SMILES string of the molecule is CCCC(CCCSCC)NCC. The molecule has 0 bridgehead atoms. The Bertz CT molecular complexity index is 90.1. The van der Waals surface area contributed by atoms with Crippen LogP contribution in [0.5, 0.6) is 0 Å².